The first kappa shape index (κ1) is 13.1. The Bertz CT molecular complexity index is 417. The Balaban J connectivity index is 2.26. The summed E-state index contributed by atoms with van der Waals surface area (Å²) in [6, 6.07) is 9.73. The minimum atomic E-state index is -0.283. The second kappa shape index (κ2) is 4.39. The summed E-state index contributed by atoms with van der Waals surface area (Å²) in [6.07, 6.45) is 1.06. The van der Waals surface area contributed by atoms with Crippen LogP contribution in [-0.2, 0) is 4.79 Å². The molecule has 1 aliphatic heterocycles. The van der Waals surface area contributed by atoms with E-state index in [0.717, 1.165) is 5.75 Å². The van der Waals surface area contributed by atoms with Crippen LogP contribution in [0.2, 0.25) is 0 Å². The van der Waals surface area contributed by atoms with E-state index in [9.17, 15) is 4.79 Å². The number of carbonyl (C=O) groups is 1. The standard InChI is InChI=1S/C15H21NO2/c1-14(2)10-12(17)11-15(3,4)16(14)18-13-8-6-5-7-9-13/h5-9H,10-11H2,1-4H3. The molecule has 0 atom stereocenters. The highest BCUT2D eigenvalue weighted by molar-refractivity contribution is 5.81. The highest BCUT2D eigenvalue weighted by Crippen LogP contribution is 2.37. The molecule has 1 saturated heterocycles. The van der Waals surface area contributed by atoms with Gasteiger partial charge in [-0.1, -0.05) is 18.2 Å². The van der Waals surface area contributed by atoms with Gasteiger partial charge in [-0.05, 0) is 39.8 Å². The van der Waals surface area contributed by atoms with Crippen LogP contribution in [0.4, 0.5) is 0 Å². The molecule has 3 heteroatoms. The maximum absolute atomic E-state index is 11.8. The molecule has 0 saturated carbocycles. The number of hydroxylamine groups is 2. The van der Waals surface area contributed by atoms with Crippen molar-refractivity contribution in [3.63, 3.8) is 0 Å². The van der Waals surface area contributed by atoms with Gasteiger partial charge in [-0.15, -0.1) is 5.06 Å². The summed E-state index contributed by atoms with van der Waals surface area (Å²) in [5.74, 6) is 1.12. The van der Waals surface area contributed by atoms with Crippen LogP contribution in [0.25, 0.3) is 0 Å². The third-order valence-corrected chi connectivity index (χ3v) is 3.30. The summed E-state index contributed by atoms with van der Waals surface area (Å²) in [7, 11) is 0. The van der Waals surface area contributed by atoms with Gasteiger partial charge in [0.05, 0.1) is 11.1 Å². The molecule has 0 aromatic heterocycles. The highest BCUT2D eigenvalue weighted by Gasteiger charge is 2.47. The van der Waals surface area contributed by atoms with Crippen molar-refractivity contribution in [1.82, 2.24) is 5.06 Å². The smallest absolute Gasteiger partial charge is 0.147 e. The van der Waals surface area contributed by atoms with E-state index in [4.69, 9.17) is 4.84 Å². The third-order valence-electron chi connectivity index (χ3n) is 3.30. The van der Waals surface area contributed by atoms with E-state index in [0.29, 0.717) is 18.6 Å². The Morgan fingerprint density at radius 2 is 1.50 bits per heavy atom. The van der Waals surface area contributed by atoms with Gasteiger partial charge < -0.3 is 4.84 Å². The van der Waals surface area contributed by atoms with Crippen LogP contribution in [0.5, 0.6) is 5.75 Å². The van der Waals surface area contributed by atoms with Gasteiger partial charge in [0, 0.05) is 12.8 Å². The van der Waals surface area contributed by atoms with Crippen molar-refractivity contribution in [3.05, 3.63) is 30.3 Å². The van der Waals surface area contributed by atoms with Gasteiger partial charge in [0.15, 0.2) is 0 Å². The predicted octanol–water partition coefficient (Wildman–Crippen LogP) is 3.20. The van der Waals surface area contributed by atoms with E-state index in [1.54, 1.807) is 0 Å². The summed E-state index contributed by atoms with van der Waals surface area (Å²) in [6.45, 7) is 8.20. The molecule has 0 spiro atoms. The summed E-state index contributed by atoms with van der Waals surface area (Å²) in [4.78, 5) is 17.8. The van der Waals surface area contributed by atoms with Crippen LogP contribution < -0.4 is 4.84 Å². The number of nitrogens with zero attached hydrogens (tertiary/aromatic N) is 1. The minimum absolute atomic E-state index is 0.283. The molecule has 0 radical (unpaired) electrons. The van der Waals surface area contributed by atoms with Crippen LogP contribution in [0.1, 0.15) is 40.5 Å². The van der Waals surface area contributed by atoms with E-state index in [1.165, 1.54) is 0 Å². The Morgan fingerprint density at radius 1 is 1.00 bits per heavy atom. The lowest BCUT2D eigenvalue weighted by Gasteiger charge is -2.50. The average molecular weight is 247 g/mol. The van der Waals surface area contributed by atoms with Gasteiger partial charge in [0.25, 0.3) is 0 Å². The molecule has 0 N–H and O–H groups in total. The summed E-state index contributed by atoms with van der Waals surface area (Å²) >= 11 is 0. The fourth-order valence-electron chi connectivity index (χ4n) is 2.82. The zero-order valence-electron chi connectivity index (χ0n) is 11.6. The van der Waals surface area contributed by atoms with Crippen molar-refractivity contribution < 1.29 is 9.63 Å². The molecule has 1 aromatic rings. The topological polar surface area (TPSA) is 29.5 Å². The molecular formula is C15H21NO2. The van der Waals surface area contributed by atoms with Crippen molar-refractivity contribution in [2.24, 2.45) is 0 Å². The third kappa shape index (κ3) is 2.56. The summed E-state index contributed by atoms with van der Waals surface area (Å²) < 4.78 is 0. The van der Waals surface area contributed by atoms with Gasteiger partial charge >= 0.3 is 0 Å². The fraction of sp³-hybridized carbons (Fsp3) is 0.533. The van der Waals surface area contributed by atoms with Crippen molar-refractivity contribution in [2.75, 3.05) is 0 Å². The summed E-state index contributed by atoms with van der Waals surface area (Å²) in [5, 5.41) is 1.97. The molecule has 3 nitrogen and oxygen atoms in total. The van der Waals surface area contributed by atoms with Crippen LogP contribution in [0.15, 0.2) is 30.3 Å². The zero-order valence-corrected chi connectivity index (χ0v) is 11.6. The lowest BCUT2D eigenvalue weighted by Crippen LogP contribution is -2.62. The van der Waals surface area contributed by atoms with E-state index in [2.05, 4.69) is 27.7 Å². The van der Waals surface area contributed by atoms with Gasteiger partial charge in [0.1, 0.15) is 11.5 Å². The second-order valence-electron chi connectivity index (χ2n) is 6.22. The van der Waals surface area contributed by atoms with Gasteiger partial charge in [-0.3, -0.25) is 4.79 Å². The molecule has 98 valence electrons. The molecule has 18 heavy (non-hydrogen) atoms. The van der Waals surface area contributed by atoms with E-state index < -0.39 is 0 Å². The number of carbonyl (C=O) groups excluding carboxylic acids is 1. The minimum Gasteiger partial charge on any atom is -0.405 e. The molecular weight excluding hydrogens is 226 g/mol. The molecule has 0 unspecified atom stereocenters. The van der Waals surface area contributed by atoms with Gasteiger partial charge in [-0.25, -0.2) is 0 Å². The fourth-order valence-corrected chi connectivity index (χ4v) is 2.82. The molecule has 0 amide bonds. The van der Waals surface area contributed by atoms with Crippen molar-refractivity contribution in [3.8, 4) is 5.75 Å². The number of hydrogen-bond acceptors (Lipinski definition) is 3. The molecule has 0 bridgehead atoms. The molecule has 2 rings (SSSR count). The zero-order chi connectivity index (χ0) is 13.4. The first-order valence-electron chi connectivity index (χ1n) is 6.36. The highest BCUT2D eigenvalue weighted by atomic mass is 16.7. The Hall–Kier alpha value is -1.35. The van der Waals surface area contributed by atoms with Crippen molar-refractivity contribution >= 4 is 5.78 Å². The second-order valence-corrected chi connectivity index (χ2v) is 6.22. The SMILES string of the molecule is CC1(C)CC(=O)CC(C)(C)N1Oc1ccccc1. The largest absolute Gasteiger partial charge is 0.405 e. The first-order valence-corrected chi connectivity index (χ1v) is 6.36. The number of benzene rings is 1. The molecule has 1 fully saturated rings. The van der Waals surface area contributed by atoms with Crippen LogP contribution in [0.3, 0.4) is 0 Å². The predicted molar refractivity (Wildman–Crippen MR) is 71.3 cm³/mol. The number of rotatable bonds is 2. The van der Waals surface area contributed by atoms with Gasteiger partial charge in [-0.2, -0.15) is 0 Å². The number of Topliss-reactive ketones (excluding diaryl/α,β-unsaturated/α-hetero) is 1. The lowest BCUT2D eigenvalue weighted by molar-refractivity contribution is -0.214. The number of hydrogen-bond donors (Lipinski definition) is 0. The van der Waals surface area contributed by atoms with Crippen molar-refractivity contribution in [1.29, 1.82) is 0 Å². The lowest BCUT2D eigenvalue weighted by atomic mass is 9.81. The normalized spacial score (nSPS) is 22.8. The summed E-state index contributed by atoms with van der Waals surface area (Å²) in [5.41, 5.74) is -0.566. The van der Waals surface area contributed by atoms with Crippen molar-refractivity contribution in [2.45, 2.75) is 51.6 Å². The maximum Gasteiger partial charge on any atom is 0.147 e. The Morgan fingerprint density at radius 3 is 2.00 bits per heavy atom. The number of para-hydroxylation sites is 1. The monoisotopic (exact) mass is 247 g/mol. The molecule has 0 aliphatic carbocycles. The maximum atomic E-state index is 11.8. The van der Waals surface area contributed by atoms with Gasteiger partial charge in [0.2, 0.25) is 0 Å². The quantitative estimate of drug-likeness (QED) is 0.803. The molecule has 1 aromatic carbocycles. The van der Waals surface area contributed by atoms with Crippen LogP contribution in [0, 0.1) is 0 Å². The Kier molecular flexibility index (Phi) is 3.20. The van der Waals surface area contributed by atoms with Crippen LogP contribution in [-0.4, -0.2) is 21.9 Å². The first-order chi connectivity index (χ1) is 8.31. The number of ketones is 1. The van der Waals surface area contributed by atoms with E-state index >= 15 is 0 Å². The Labute approximate surface area is 109 Å². The molecule has 1 aliphatic rings. The van der Waals surface area contributed by atoms with E-state index in [-0.39, 0.29) is 11.1 Å². The average Bonchev–Trinajstić information content (AvgIpc) is 2.23. The molecule has 1 heterocycles. The number of piperidine rings is 1. The van der Waals surface area contributed by atoms with E-state index in [1.807, 2.05) is 35.4 Å². The van der Waals surface area contributed by atoms with Crippen LogP contribution >= 0.6 is 0 Å².